The number of carbonyl (C=O) groups excluding carboxylic acids is 1. The van der Waals surface area contributed by atoms with E-state index in [1.165, 1.54) is 0 Å². The number of hydrogen-bond donors (Lipinski definition) is 2. The van der Waals surface area contributed by atoms with Crippen molar-refractivity contribution in [3.8, 4) is 11.4 Å². The second kappa shape index (κ2) is 7.17. The fourth-order valence-electron chi connectivity index (χ4n) is 2.99. The summed E-state index contributed by atoms with van der Waals surface area (Å²) in [7, 11) is 0. The average Bonchev–Trinajstić information content (AvgIpc) is 3.16. The van der Waals surface area contributed by atoms with Gasteiger partial charge < -0.3 is 9.67 Å². The number of carbonyl (C=O) groups is 1. The molecule has 4 aromatic rings. The third-order valence-corrected chi connectivity index (χ3v) is 4.31. The number of hydrazone groups is 1. The average molecular weight is 355 g/mol. The van der Waals surface area contributed by atoms with Gasteiger partial charge in [-0.05, 0) is 53.2 Å². The largest absolute Gasteiger partial charge is 0.508 e. The number of nitrogens with one attached hydrogen (secondary N) is 1. The molecule has 1 amide bonds. The topological polar surface area (TPSA) is 66.6 Å². The number of phenolic OH excluding ortho intramolecular Hbond substituents is 1. The zero-order chi connectivity index (χ0) is 18.6. The highest BCUT2D eigenvalue weighted by atomic mass is 16.3. The maximum Gasteiger partial charge on any atom is 0.271 e. The van der Waals surface area contributed by atoms with E-state index < -0.39 is 0 Å². The Kier molecular flexibility index (Phi) is 4.41. The zero-order valence-electron chi connectivity index (χ0n) is 14.4. The number of benzene rings is 3. The fourth-order valence-corrected chi connectivity index (χ4v) is 2.99. The van der Waals surface area contributed by atoms with E-state index in [-0.39, 0.29) is 11.7 Å². The lowest BCUT2D eigenvalue weighted by atomic mass is 10.0. The normalized spacial score (nSPS) is 11.1. The number of fused-ring (bicyclic) bond motifs is 1. The molecule has 1 aromatic heterocycles. The Morgan fingerprint density at radius 1 is 0.926 bits per heavy atom. The molecule has 132 valence electrons. The van der Waals surface area contributed by atoms with E-state index >= 15 is 0 Å². The van der Waals surface area contributed by atoms with Gasteiger partial charge in [-0.25, -0.2) is 5.43 Å². The minimum atomic E-state index is -0.259. The predicted octanol–water partition coefficient (Wildman–Crippen LogP) is 4.10. The first-order chi connectivity index (χ1) is 13.2. The Labute approximate surface area is 156 Å². The molecule has 0 saturated carbocycles. The number of hydrogen-bond acceptors (Lipinski definition) is 3. The molecule has 0 aliphatic rings. The first-order valence-corrected chi connectivity index (χ1v) is 8.50. The number of aromatic nitrogens is 1. The fraction of sp³-hybridized carbons (Fsp3) is 0. The van der Waals surface area contributed by atoms with E-state index in [4.69, 9.17) is 0 Å². The van der Waals surface area contributed by atoms with E-state index in [0.717, 1.165) is 22.2 Å². The predicted molar refractivity (Wildman–Crippen MR) is 106 cm³/mol. The lowest BCUT2D eigenvalue weighted by Crippen LogP contribution is -2.18. The van der Waals surface area contributed by atoms with Crippen LogP contribution in [0.5, 0.6) is 5.75 Å². The summed E-state index contributed by atoms with van der Waals surface area (Å²) in [6.07, 6.45) is 3.48. The van der Waals surface area contributed by atoms with Gasteiger partial charge in [0.15, 0.2) is 0 Å². The number of nitrogens with zero attached hydrogens (tertiary/aromatic N) is 2. The highest BCUT2D eigenvalue weighted by molar-refractivity contribution is 6.07. The summed E-state index contributed by atoms with van der Waals surface area (Å²) in [6, 6.07) is 24.0. The van der Waals surface area contributed by atoms with Crippen molar-refractivity contribution >= 4 is 22.9 Å². The van der Waals surface area contributed by atoms with Gasteiger partial charge in [0.1, 0.15) is 5.75 Å². The van der Waals surface area contributed by atoms with Crippen molar-refractivity contribution in [2.75, 3.05) is 0 Å². The highest BCUT2D eigenvalue weighted by Gasteiger charge is 2.08. The Morgan fingerprint density at radius 2 is 1.70 bits per heavy atom. The van der Waals surface area contributed by atoms with Crippen molar-refractivity contribution in [3.05, 3.63) is 96.3 Å². The molecular formula is C22H17N3O2. The summed E-state index contributed by atoms with van der Waals surface area (Å²) in [5, 5.41) is 15.4. The molecule has 0 bridgehead atoms. The van der Waals surface area contributed by atoms with Gasteiger partial charge in [-0.15, -0.1) is 0 Å². The van der Waals surface area contributed by atoms with Crippen molar-refractivity contribution in [3.63, 3.8) is 0 Å². The smallest absolute Gasteiger partial charge is 0.271 e. The van der Waals surface area contributed by atoms with Crippen LogP contribution in [0, 0.1) is 0 Å². The molecule has 5 heteroatoms. The minimum Gasteiger partial charge on any atom is -0.508 e. The van der Waals surface area contributed by atoms with Crippen LogP contribution in [-0.4, -0.2) is 21.8 Å². The summed E-state index contributed by atoms with van der Waals surface area (Å²) < 4.78 is 1.91. The number of rotatable bonds is 4. The lowest BCUT2D eigenvalue weighted by Gasteiger charge is -2.07. The van der Waals surface area contributed by atoms with Gasteiger partial charge in [-0.3, -0.25) is 4.79 Å². The number of phenols is 1. The van der Waals surface area contributed by atoms with E-state index in [1.54, 1.807) is 36.5 Å². The van der Waals surface area contributed by atoms with Crippen LogP contribution in [0.1, 0.15) is 16.1 Å². The summed E-state index contributed by atoms with van der Waals surface area (Å²) in [6.45, 7) is 0. The van der Waals surface area contributed by atoms with Gasteiger partial charge in [-0.2, -0.15) is 5.10 Å². The molecule has 0 fully saturated rings. The van der Waals surface area contributed by atoms with Crippen LogP contribution >= 0.6 is 0 Å². The van der Waals surface area contributed by atoms with E-state index in [9.17, 15) is 9.90 Å². The molecule has 2 N–H and O–H groups in total. The molecule has 4 rings (SSSR count). The van der Waals surface area contributed by atoms with Crippen LogP contribution in [0.3, 0.4) is 0 Å². The first kappa shape index (κ1) is 16.6. The van der Waals surface area contributed by atoms with E-state index in [1.807, 2.05) is 59.3 Å². The summed E-state index contributed by atoms with van der Waals surface area (Å²) >= 11 is 0. The third-order valence-electron chi connectivity index (χ3n) is 4.31. The van der Waals surface area contributed by atoms with Crippen LogP contribution in [0.2, 0.25) is 0 Å². The van der Waals surface area contributed by atoms with Gasteiger partial charge in [0.2, 0.25) is 0 Å². The molecule has 0 saturated heterocycles. The molecule has 0 unspecified atom stereocenters. The monoisotopic (exact) mass is 355 g/mol. The van der Waals surface area contributed by atoms with Crippen molar-refractivity contribution in [1.29, 1.82) is 0 Å². The van der Waals surface area contributed by atoms with Gasteiger partial charge in [0.05, 0.1) is 11.9 Å². The second-order valence-corrected chi connectivity index (χ2v) is 6.05. The van der Waals surface area contributed by atoms with Crippen molar-refractivity contribution < 1.29 is 9.90 Å². The van der Waals surface area contributed by atoms with Crippen molar-refractivity contribution in [1.82, 2.24) is 9.99 Å². The standard InChI is InChI=1S/C22H17N3O2/c26-19-12-10-17(11-13-19)25-14-4-7-18(25)15-23-24-22(27)21-9-3-6-16-5-1-2-8-20(16)21/h1-15,26H,(H,24,27)/b23-15+. The minimum absolute atomic E-state index is 0.212. The first-order valence-electron chi connectivity index (χ1n) is 8.50. The maximum atomic E-state index is 12.5. The molecule has 1 heterocycles. The summed E-state index contributed by atoms with van der Waals surface area (Å²) in [5.41, 5.74) is 4.87. The van der Waals surface area contributed by atoms with Gasteiger partial charge in [0, 0.05) is 17.4 Å². The Morgan fingerprint density at radius 3 is 2.56 bits per heavy atom. The molecule has 0 atom stereocenters. The van der Waals surface area contributed by atoms with Crippen LogP contribution in [0.15, 0.2) is 90.2 Å². The Hall–Kier alpha value is -3.86. The molecule has 5 nitrogen and oxygen atoms in total. The maximum absolute atomic E-state index is 12.5. The third kappa shape index (κ3) is 3.43. The van der Waals surface area contributed by atoms with Crippen molar-refractivity contribution in [2.24, 2.45) is 5.10 Å². The summed E-state index contributed by atoms with van der Waals surface area (Å²) in [5.74, 6) is -0.0470. The summed E-state index contributed by atoms with van der Waals surface area (Å²) in [4.78, 5) is 12.5. The quantitative estimate of drug-likeness (QED) is 0.427. The molecule has 0 aliphatic heterocycles. The molecule has 0 radical (unpaired) electrons. The van der Waals surface area contributed by atoms with Crippen LogP contribution in [-0.2, 0) is 0 Å². The Balaban J connectivity index is 1.54. The SMILES string of the molecule is O=C(N/N=C/c1cccn1-c1ccc(O)cc1)c1cccc2ccccc12. The molecule has 0 spiro atoms. The molecular weight excluding hydrogens is 338 g/mol. The van der Waals surface area contributed by atoms with Crippen molar-refractivity contribution in [2.45, 2.75) is 0 Å². The van der Waals surface area contributed by atoms with Gasteiger partial charge in [-0.1, -0.05) is 36.4 Å². The lowest BCUT2D eigenvalue weighted by molar-refractivity contribution is 0.0957. The van der Waals surface area contributed by atoms with E-state index in [0.29, 0.717) is 5.56 Å². The Bertz CT molecular complexity index is 1120. The molecule has 0 aliphatic carbocycles. The van der Waals surface area contributed by atoms with Gasteiger partial charge >= 0.3 is 0 Å². The van der Waals surface area contributed by atoms with Crippen LogP contribution < -0.4 is 5.43 Å². The van der Waals surface area contributed by atoms with Gasteiger partial charge in [0.25, 0.3) is 5.91 Å². The van der Waals surface area contributed by atoms with Crippen LogP contribution in [0.4, 0.5) is 0 Å². The van der Waals surface area contributed by atoms with Crippen LogP contribution in [0.25, 0.3) is 16.5 Å². The molecule has 3 aromatic carbocycles. The number of amides is 1. The second-order valence-electron chi connectivity index (χ2n) is 6.05. The number of aromatic hydroxyl groups is 1. The zero-order valence-corrected chi connectivity index (χ0v) is 14.4. The molecule has 27 heavy (non-hydrogen) atoms. The van der Waals surface area contributed by atoms with E-state index in [2.05, 4.69) is 10.5 Å². The highest BCUT2D eigenvalue weighted by Crippen LogP contribution is 2.18.